The summed E-state index contributed by atoms with van der Waals surface area (Å²) in [5.74, 6) is 0.572. The third-order valence-electron chi connectivity index (χ3n) is 4.48. The van der Waals surface area contributed by atoms with E-state index in [2.05, 4.69) is 10.2 Å². The summed E-state index contributed by atoms with van der Waals surface area (Å²) in [7, 11) is 0. The largest absolute Gasteiger partial charge is 0.467 e. The van der Waals surface area contributed by atoms with Gasteiger partial charge in [0.15, 0.2) is 5.17 Å². The minimum atomic E-state index is -0.115. The maximum absolute atomic E-state index is 13.0. The van der Waals surface area contributed by atoms with Crippen LogP contribution in [0.15, 0.2) is 104 Å². The number of thioether (sulfide) groups is 1. The van der Waals surface area contributed by atoms with Gasteiger partial charge in [-0.1, -0.05) is 66.7 Å². The molecule has 1 amide bonds. The molecule has 2 aromatic carbocycles. The smallest absolute Gasteiger partial charge is 0.267 e. The number of amides is 1. The lowest BCUT2D eigenvalue weighted by Gasteiger charge is -2.12. The van der Waals surface area contributed by atoms with E-state index in [4.69, 9.17) is 4.42 Å². The van der Waals surface area contributed by atoms with Gasteiger partial charge in [-0.3, -0.25) is 9.69 Å². The minimum absolute atomic E-state index is 0.115. The van der Waals surface area contributed by atoms with Gasteiger partial charge in [0.25, 0.3) is 5.91 Å². The maximum atomic E-state index is 13.0. The Bertz CT molecular complexity index is 1150. The van der Waals surface area contributed by atoms with Gasteiger partial charge in [0.05, 0.1) is 23.9 Å². The number of furan rings is 1. The Morgan fingerprint density at radius 1 is 1.00 bits per heavy atom. The van der Waals surface area contributed by atoms with Gasteiger partial charge in [0.1, 0.15) is 5.76 Å². The highest BCUT2D eigenvalue weighted by Gasteiger charge is 2.34. The molecule has 0 atom stereocenters. The zero-order valence-electron chi connectivity index (χ0n) is 17.0. The monoisotopic (exact) mass is 427 g/mol. The summed E-state index contributed by atoms with van der Waals surface area (Å²) in [5.41, 5.74) is 3.02. The number of carbonyl (C=O) groups excluding carboxylic acids is 1. The van der Waals surface area contributed by atoms with Gasteiger partial charge >= 0.3 is 0 Å². The summed E-state index contributed by atoms with van der Waals surface area (Å²) >= 11 is 1.31. The Balaban J connectivity index is 1.57. The lowest BCUT2D eigenvalue weighted by atomic mass is 10.1. The van der Waals surface area contributed by atoms with Crippen LogP contribution in [0.1, 0.15) is 23.8 Å². The van der Waals surface area contributed by atoms with E-state index >= 15 is 0 Å². The van der Waals surface area contributed by atoms with Crippen molar-refractivity contribution in [1.82, 2.24) is 4.90 Å². The SMILES string of the molecule is CC(/C=N/N=C1\S/C(=C\c2ccccc2)C(=O)N1Cc1ccco1)=C\c1ccccc1. The molecule has 2 heterocycles. The van der Waals surface area contributed by atoms with Crippen molar-refractivity contribution >= 4 is 41.2 Å². The third kappa shape index (κ3) is 5.49. The van der Waals surface area contributed by atoms with Crippen molar-refractivity contribution in [3.05, 3.63) is 106 Å². The summed E-state index contributed by atoms with van der Waals surface area (Å²) in [4.78, 5) is 15.2. The van der Waals surface area contributed by atoms with Crippen LogP contribution >= 0.6 is 11.8 Å². The molecule has 0 radical (unpaired) electrons. The molecule has 5 nitrogen and oxygen atoms in total. The van der Waals surface area contributed by atoms with E-state index < -0.39 is 0 Å². The molecule has 31 heavy (non-hydrogen) atoms. The third-order valence-corrected chi connectivity index (χ3v) is 5.48. The molecule has 1 aliphatic heterocycles. The molecule has 6 heteroatoms. The van der Waals surface area contributed by atoms with Crippen LogP contribution in [0.5, 0.6) is 0 Å². The number of hydrogen-bond acceptors (Lipinski definition) is 5. The number of nitrogens with zero attached hydrogens (tertiary/aromatic N) is 3. The van der Waals surface area contributed by atoms with Crippen LogP contribution in [0, 0.1) is 0 Å². The second-order valence-corrected chi connectivity index (χ2v) is 7.93. The van der Waals surface area contributed by atoms with E-state index in [0.717, 1.165) is 16.7 Å². The van der Waals surface area contributed by atoms with Crippen LogP contribution in [-0.2, 0) is 11.3 Å². The van der Waals surface area contributed by atoms with Crippen LogP contribution < -0.4 is 0 Å². The van der Waals surface area contributed by atoms with Crippen molar-refractivity contribution in [1.29, 1.82) is 0 Å². The lowest BCUT2D eigenvalue weighted by molar-refractivity contribution is -0.122. The van der Waals surface area contributed by atoms with E-state index in [0.29, 0.717) is 22.4 Å². The van der Waals surface area contributed by atoms with Gasteiger partial charge < -0.3 is 4.42 Å². The first kappa shape index (κ1) is 20.6. The zero-order valence-corrected chi connectivity index (χ0v) is 17.8. The zero-order chi connectivity index (χ0) is 21.5. The highest BCUT2D eigenvalue weighted by atomic mass is 32.2. The molecule has 154 valence electrons. The van der Waals surface area contributed by atoms with E-state index in [-0.39, 0.29) is 5.91 Å². The molecule has 0 N–H and O–H groups in total. The van der Waals surface area contributed by atoms with Crippen molar-refractivity contribution in [2.45, 2.75) is 13.5 Å². The van der Waals surface area contributed by atoms with E-state index in [1.807, 2.05) is 85.8 Å². The van der Waals surface area contributed by atoms with Gasteiger partial charge in [-0.15, -0.1) is 5.10 Å². The van der Waals surface area contributed by atoms with Crippen molar-refractivity contribution in [2.24, 2.45) is 10.2 Å². The number of rotatable bonds is 6. The van der Waals surface area contributed by atoms with E-state index in [9.17, 15) is 4.79 Å². The molecule has 3 aromatic rings. The lowest BCUT2D eigenvalue weighted by Crippen LogP contribution is -2.28. The topological polar surface area (TPSA) is 58.2 Å². The molecule has 0 aliphatic carbocycles. The number of hydrogen-bond donors (Lipinski definition) is 0. The summed E-state index contributed by atoms with van der Waals surface area (Å²) in [6.45, 7) is 2.27. The number of carbonyl (C=O) groups is 1. The van der Waals surface area contributed by atoms with Crippen LogP contribution in [-0.4, -0.2) is 22.2 Å². The van der Waals surface area contributed by atoms with Gasteiger partial charge in [0.2, 0.25) is 0 Å². The van der Waals surface area contributed by atoms with Crippen molar-refractivity contribution in [2.75, 3.05) is 0 Å². The quantitative estimate of drug-likeness (QED) is 0.282. The highest BCUT2D eigenvalue weighted by molar-refractivity contribution is 8.18. The summed E-state index contributed by atoms with van der Waals surface area (Å²) < 4.78 is 5.43. The normalized spacial score (nSPS) is 17.4. The Hall–Kier alpha value is -3.64. The summed E-state index contributed by atoms with van der Waals surface area (Å²) in [5, 5.41) is 9.09. The molecule has 1 fully saturated rings. The first-order valence-corrected chi connectivity index (χ1v) is 10.6. The fourth-order valence-corrected chi connectivity index (χ4v) is 3.93. The van der Waals surface area contributed by atoms with Gasteiger partial charge in [-0.2, -0.15) is 5.10 Å². The molecule has 0 unspecified atom stereocenters. The Kier molecular flexibility index (Phi) is 6.59. The summed E-state index contributed by atoms with van der Waals surface area (Å²) in [6, 6.07) is 23.4. The molecule has 1 aliphatic rings. The fourth-order valence-electron chi connectivity index (χ4n) is 3.00. The van der Waals surface area contributed by atoms with Crippen molar-refractivity contribution in [3.63, 3.8) is 0 Å². The number of amidine groups is 1. The van der Waals surface area contributed by atoms with E-state index in [1.54, 1.807) is 23.4 Å². The Labute approximate surface area is 185 Å². The standard InChI is InChI=1S/C25H21N3O2S/c1-19(15-20-9-4-2-5-10-20)17-26-27-25-28(18-22-13-8-14-30-22)24(29)23(31-25)16-21-11-6-3-7-12-21/h2-17H,18H2,1H3/b19-15+,23-16-,26-17+,27-25-. The highest BCUT2D eigenvalue weighted by Crippen LogP contribution is 2.33. The Morgan fingerprint density at radius 3 is 2.39 bits per heavy atom. The van der Waals surface area contributed by atoms with Gasteiger partial charge in [-0.25, -0.2) is 0 Å². The first-order chi connectivity index (χ1) is 15.2. The first-order valence-electron chi connectivity index (χ1n) is 9.82. The fraction of sp³-hybridized carbons (Fsp3) is 0.0800. The molecule has 1 aromatic heterocycles. The van der Waals surface area contributed by atoms with E-state index in [1.165, 1.54) is 11.8 Å². The molecule has 0 saturated carbocycles. The molecule has 1 saturated heterocycles. The average molecular weight is 428 g/mol. The molecule has 0 spiro atoms. The maximum Gasteiger partial charge on any atom is 0.267 e. The molecule has 4 rings (SSSR count). The second kappa shape index (κ2) is 9.91. The van der Waals surface area contributed by atoms with Crippen molar-refractivity contribution < 1.29 is 9.21 Å². The minimum Gasteiger partial charge on any atom is -0.467 e. The molecular weight excluding hydrogens is 406 g/mol. The molecular formula is C25H21N3O2S. The van der Waals surface area contributed by atoms with Gasteiger partial charge in [0, 0.05) is 0 Å². The predicted molar refractivity (Wildman–Crippen MR) is 127 cm³/mol. The second-order valence-electron chi connectivity index (χ2n) is 6.92. The van der Waals surface area contributed by atoms with Crippen LogP contribution in [0.4, 0.5) is 0 Å². The summed E-state index contributed by atoms with van der Waals surface area (Å²) in [6.07, 6.45) is 7.18. The van der Waals surface area contributed by atoms with Crippen LogP contribution in [0.3, 0.4) is 0 Å². The number of benzene rings is 2. The van der Waals surface area contributed by atoms with Gasteiger partial charge in [-0.05, 0) is 53.6 Å². The van der Waals surface area contributed by atoms with Crippen molar-refractivity contribution in [3.8, 4) is 0 Å². The van der Waals surface area contributed by atoms with Crippen LogP contribution in [0.25, 0.3) is 12.2 Å². The molecule has 0 bridgehead atoms. The number of allylic oxidation sites excluding steroid dienone is 1. The Morgan fingerprint density at radius 2 is 1.71 bits per heavy atom. The van der Waals surface area contributed by atoms with Crippen LogP contribution in [0.2, 0.25) is 0 Å². The average Bonchev–Trinajstić information content (AvgIpc) is 3.40. The predicted octanol–water partition coefficient (Wildman–Crippen LogP) is 5.84.